The summed E-state index contributed by atoms with van der Waals surface area (Å²) in [6, 6.07) is 7.46. The van der Waals surface area contributed by atoms with Gasteiger partial charge in [0, 0.05) is 6.07 Å². The van der Waals surface area contributed by atoms with E-state index in [0.29, 0.717) is 10.7 Å². The number of hydrogen-bond acceptors (Lipinski definition) is 3. The van der Waals surface area contributed by atoms with Gasteiger partial charge in [0.25, 0.3) is 0 Å². The van der Waals surface area contributed by atoms with Crippen LogP contribution in [0.1, 0.15) is 0 Å². The zero-order valence-electron chi connectivity index (χ0n) is 8.51. The van der Waals surface area contributed by atoms with Gasteiger partial charge in [0.15, 0.2) is 5.65 Å². The first-order valence-electron chi connectivity index (χ1n) is 4.86. The Labute approximate surface area is 110 Å². The van der Waals surface area contributed by atoms with Gasteiger partial charge in [-0.05, 0) is 28.1 Å². The Bertz CT molecular complexity index is 695. The second kappa shape index (κ2) is 4.09. The molecule has 3 heterocycles. The molecule has 0 fully saturated rings. The topological polar surface area (TPSA) is 43.1 Å². The van der Waals surface area contributed by atoms with Gasteiger partial charge in [-0.15, -0.1) is 0 Å². The Morgan fingerprint density at radius 2 is 2.12 bits per heavy atom. The molecule has 0 aliphatic carbocycles. The van der Waals surface area contributed by atoms with Gasteiger partial charge < -0.3 is 0 Å². The third-order valence-corrected chi connectivity index (χ3v) is 2.95. The van der Waals surface area contributed by atoms with E-state index < -0.39 is 0 Å². The molecule has 0 aliphatic heterocycles. The molecular formula is C11H6BrClN4. The second-order valence-corrected chi connectivity index (χ2v) is 4.68. The second-order valence-electron chi connectivity index (χ2n) is 3.43. The summed E-state index contributed by atoms with van der Waals surface area (Å²) in [5.41, 5.74) is 2.34. The van der Waals surface area contributed by atoms with Crippen LogP contribution in [0, 0.1) is 0 Å². The van der Waals surface area contributed by atoms with Crippen LogP contribution in [0.25, 0.3) is 17.0 Å². The molecule has 0 N–H and O–H groups in total. The Morgan fingerprint density at radius 3 is 2.94 bits per heavy atom. The Balaban J connectivity index is 2.24. The van der Waals surface area contributed by atoms with E-state index in [2.05, 4.69) is 31.0 Å². The molecule has 0 saturated carbocycles. The highest BCUT2D eigenvalue weighted by atomic mass is 79.9. The van der Waals surface area contributed by atoms with Crippen molar-refractivity contribution in [1.82, 2.24) is 19.6 Å². The fraction of sp³-hybridized carbons (Fsp3) is 0. The standard InChI is InChI=1S/C11H6BrClN4/c12-10-3-1-2-8(16-10)9-6-14-11-4-7(13)5-15-17(9)11/h1-6H. The highest BCUT2D eigenvalue weighted by Crippen LogP contribution is 2.20. The van der Waals surface area contributed by atoms with Crippen molar-refractivity contribution >= 4 is 33.2 Å². The van der Waals surface area contributed by atoms with E-state index in [-0.39, 0.29) is 0 Å². The minimum absolute atomic E-state index is 0.567. The van der Waals surface area contributed by atoms with Crippen molar-refractivity contribution < 1.29 is 0 Å². The lowest BCUT2D eigenvalue weighted by Crippen LogP contribution is -1.94. The molecule has 0 radical (unpaired) electrons. The van der Waals surface area contributed by atoms with Crippen molar-refractivity contribution in [3.63, 3.8) is 0 Å². The summed E-state index contributed by atoms with van der Waals surface area (Å²) in [5, 5.41) is 4.78. The molecule has 0 saturated heterocycles. The van der Waals surface area contributed by atoms with Gasteiger partial charge in [0.1, 0.15) is 10.3 Å². The molecule has 0 aliphatic rings. The van der Waals surface area contributed by atoms with Crippen LogP contribution >= 0.6 is 27.5 Å². The highest BCUT2D eigenvalue weighted by Gasteiger charge is 2.08. The van der Waals surface area contributed by atoms with Gasteiger partial charge in [0.05, 0.1) is 23.1 Å². The van der Waals surface area contributed by atoms with Crippen molar-refractivity contribution in [1.29, 1.82) is 0 Å². The van der Waals surface area contributed by atoms with E-state index >= 15 is 0 Å². The van der Waals surface area contributed by atoms with Gasteiger partial charge >= 0.3 is 0 Å². The summed E-state index contributed by atoms with van der Waals surface area (Å²) < 4.78 is 2.49. The maximum Gasteiger partial charge on any atom is 0.155 e. The minimum Gasteiger partial charge on any atom is -0.239 e. The quantitative estimate of drug-likeness (QED) is 0.648. The van der Waals surface area contributed by atoms with E-state index in [4.69, 9.17) is 11.6 Å². The number of hydrogen-bond donors (Lipinski definition) is 0. The normalized spacial score (nSPS) is 10.9. The van der Waals surface area contributed by atoms with E-state index in [0.717, 1.165) is 16.0 Å². The van der Waals surface area contributed by atoms with E-state index in [9.17, 15) is 0 Å². The molecule has 4 nitrogen and oxygen atoms in total. The van der Waals surface area contributed by atoms with Gasteiger partial charge in [-0.1, -0.05) is 17.7 Å². The van der Waals surface area contributed by atoms with Crippen LogP contribution in [-0.4, -0.2) is 19.6 Å². The molecule has 3 aromatic rings. The molecule has 0 unspecified atom stereocenters. The lowest BCUT2D eigenvalue weighted by molar-refractivity contribution is 0.937. The zero-order valence-corrected chi connectivity index (χ0v) is 10.9. The molecule has 17 heavy (non-hydrogen) atoms. The molecule has 0 bridgehead atoms. The Hall–Kier alpha value is -1.46. The first kappa shape index (κ1) is 10.7. The number of imidazole rings is 1. The number of fused-ring (bicyclic) bond motifs is 1. The summed E-state index contributed by atoms with van der Waals surface area (Å²) in [7, 11) is 0. The number of aromatic nitrogens is 4. The van der Waals surface area contributed by atoms with Crippen LogP contribution in [0.3, 0.4) is 0 Å². The maximum absolute atomic E-state index is 5.86. The predicted octanol–water partition coefficient (Wildman–Crippen LogP) is 3.21. The molecular weight excluding hydrogens is 304 g/mol. The van der Waals surface area contributed by atoms with Crippen molar-refractivity contribution in [2.75, 3.05) is 0 Å². The van der Waals surface area contributed by atoms with Crippen LogP contribution in [0.5, 0.6) is 0 Å². The summed E-state index contributed by atoms with van der Waals surface area (Å²) in [4.78, 5) is 8.62. The third kappa shape index (κ3) is 1.92. The molecule has 3 aromatic heterocycles. The Kier molecular flexibility index (Phi) is 2.57. The van der Waals surface area contributed by atoms with Gasteiger partial charge in [-0.2, -0.15) is 5.10 Å². The number of halogens is 2. The number of nitrogens with zero attached hydrogens (tertiary/aromatic N) is 4. The maximum atomic E-state index is 5.86. The Morgan fingerprint density at radius 1 is 1.24 bits per heavy atom. The van der Waals surface area contributed by atoms with Crippen LogP contribution in [0.2, 0.25) is 5.02 Å². The van der Waals surface area contributed by atoms with E-state index in [1.165, 1.54) is 0 Å². The average Bonchev–Trinajstić information content (AvgIpc) is 2.71. The van der Waals surface area contributed by atoms with Crippen LogP contribution in [-0.2, 0) is 0 Å². The molecule has 84 valence electrons. The average molecular weight is 310 g/mol. The highest BCUT2D eigenvalue weighted by molar-refractivity contribution is 9.10. The predicted molar refractivity (Wildman–Crippen MR) is 68.9 cm³/mol. The van der Waals surface area contributed by atoms with Gasteiger partial charge in [-0.3, -0.25) is 0 Å². The monoisotopic (exact) mass is 308 g/mol. The van der Waals surface area contributed by atoms with Crippen LogP contribution < -0.4 is 0 Å². The van der Waals surface area contributed by atoms with Crippen molar-refractivity contribution in [3.8, 4) is 11.4 Å². The van der Waals surface area contributed by atoms with Crippen molar-refractivity contribution in [2.24, 2.45) is 0 Å². The number of pyridine rings is 1. The van der Waals surface area contributed by atoms with E-state index in [1.807, 2.05) is 18.2 Å². The third-order valence-electron chi connectivity index (χ3n) is 2.31. The smallest absolute Gasteiger partial charge is 0.155 e. The molecule has 0 aromatic carbocycles. The van der Waals surface area contributed by atoms with Crippen molar-refractivity contribution in [2.45, 2.75) is 0 Å². The van der Waals surface area contributed by atoms with Crippen LogP contribution in [0.15, 0.2) is 41.3 Å². The van der Waals surface area contributed by atoms with Crippen molar-refractivity contribution in [3.05, 3.63) is 46.3 Å². The van der Waals surface area contributed by atoms with Crippen LogP contribution in [0.4, 0.5) is 0 Å². The molecule has 3 rings (SSSR count). The lowest BCUT2D eigenvalue weighted by Gasteiger charge is -2.00. The molecule has 6 heteroatoms. The fourth-order valence-electron chi connectivity index (χ4n) is 1.58. The van der Waals surface area contributed by atoms with Gasteiger partial charge in [0.2, 0.25) is 0 Å². The molecule has 0 spiro atoms. The zero-order chi connectivity index (χ0) is 11.8. The van der Waals surface area contributed by atoms with Gasteiger partial charge in [-0.25, -0.2) is 14.5 Å². The lowest BCUT2D eigenvalue weighted by atomic mass is 10.3. The summed E-state index contributed by atoms with van der Waals surface area (Å²) in [5.74, 6) is 0. The summed E-state index contributed by atoms with van der Waals surface area (Å²) in [6.07, 6.45) is 3.31. The summed E-state index contributed by atoms with van der Waals surface area (Å²) >= 11 is 9.20. The number of rotatable bonds is 1. The minimum atomic E-state index is 0.567. The first-order valence-corrected chi connectivity index (χ1v) is 6.03. The fourth-order valence-corrected chi connectivity index (χ4v) is 2.06. The first-order chi connectivity index (χ1) is 8.24. The molecule has 0 amide bonds. The summed E-state index contributed by atoms with van der Waals surface area (Å²) in [6.45, 7) is 0. The van der Waals surface area contributed by atoms with E-state index in [1.54, 1.807) is 23.0 Å². The SMILES string of the molecule is Clc1cnn2c(-c3cccc(Br)n3)cnc2c1. The molecule has 0 atom stereocenters. The largest absolute Gasteiger partial charge is 0.239 e.